The second-order valence-electron chi connectivity index (χ2n) is 5.43. The van der Waals surface area contributed by atoms with Crippen LogP contribution in [0.5, 0.6) is 0 Å². The van der Waals surface area contributed by atoms with E-state index in [0.29, 0.717) is 6.54 Å². The molecule has 1 aliphatic rings. The Morgan fingerprint density at radius 1 is 1.25 bits per heavy atom. The quantitative estimate of drug-likeness (QED) is 0.610. The molecule has 0 fully saturated rings. The fourth-order valence-corrected chi connectivity index (χ4v) is 4.47. The highest BCUT2D eigenvalue weighted by Crippen LogP contribution is 2.36. The number of fused-ring (bicyclic) bond motifs is 1. The number of urea groups is 1. The third-order valence-corrected chi connectivity index (χ3v) is 5.85. The van der Waals surface area contributed by atoms with Crippen LogP contribution in [-0.2, 0) is 0 Å². The first-order chi connectivity index (χ1) is 11.7. The molecule has 1 heterocycles. The lowest BCUT2D eigenvalue weighted by atomic mass is 10.0. The zero-order chi connectivity index (χ0) is 16.8. The molecule has 0 saturated heterocycles. The summed E-state index contributed by atoms with van der Waals surface area (Å²) in [5, 5.41) is 5.84. The number of amides is 2. The summed E-state index contributed by atoms with van der Waals surface area (Å²) in [6.07, 6.45) is 0.813. The minimum atomic E-state index is -0.261. The van der Waals surface area contributed by atoms with E-state index >= 15 is 0 Å². The van der Waals surface area contributed by atoms with E-state index in [0.717, 1.165) is 28.4 Å². The molecule has 3 rings (SSSR count). The summed E-state index contributed by atoms with van der Waals surface area (Å²) in [4.78, 5) is 14.3. The normalized spacial score (nSPS) is 16.3. The molecule has 0 spiro atoms. The van der Waals surface area contributed by atoms with E-state index < -0.39 is 0 Å². The summed E-state index contributed by atoms with van der Waals surface area (Å²) in [7, 11) is 0. The summed E-state index contributed by atoms with van der Waals surface area (Å²) in [5.41, 5.74) is 0.875. The van der Waals surface area contributed by atoms with Crippen LogP contribution in [-0.4, -0.2) is 24.1 Å². The summed E-state index contributed by atoms with van der Waals surface area (Å²) >= 11 is 3.41. The molecular formula is C18H19FN2OS2. The lowest BCUT2D eigenvalue weighted by Crippen LogP contribution is -2.39. The minimum absolute atomic E-state index is 0.126. The molecule has 0 aliphatic carbocycles. The average molecular weight is 362 g/mol. The van der Waals surface area contributed by atoms with E-state index in [1.807, 2.05) is 18.2 Å². The highest BCUT2D eigenvalue weighted by Gasteiger charge is 2.22. The fraction of sp³-hybridized carbons (Fsp3) is 0.278. The van der Waals surface area contributed by atoms with Gasteiger partial charge in [0.15, 0.2) is 0 Å². The summed E-state index contributed by atoms with van der Waals surface area (Å²) in [6.45, 7) is 0.586. The van der Waals surface area contributed by atoms with E-state index in [1.54, 1.807) is 29.6 Å². The Morgan fingerprint density at radius 2 is 2.08 bits per heavy atom. The molecule has 126 valence electrons. The van der Waals surface area contributed by atoms with Crippen LogP contribution in [0.3, 0.4) is 0 Å². The summed E-state index contributed by atoms with van der Waals surface area (Å²) in [6, 6.07) is 14.5. The summed E-state index contributed by atoms with van der Waals surface area (Å²) in [5.74, 6) is 1.47. The van der Waals surface area contributed by atoms with Gasteiger partial charge in [0.05, 0.1) is 6.04 Å². The molecule has 2 aromatic rings. The Bertz CT molecular complexity index is 697. The first-order valence-electron chi connectivity index (χ1n) is 7.87. The van der Waals surface area contributed by atoms with Gasteiger partial charge in [0, 0.05) is 27.8 Å². The zero-order valence-corrected chi connectivity index (χ0v) is 14.8. The second-order valence-corrected chi connectivity index (χ2v) is 7.74. The average Bonchev–Trinajstić information content (AvgIpc) is 2.60. The van der Waals surface area contributed by atoms with Crippen molar-refractivity contribution < 1.29 is 9.18 Å². The predicted molar refractivity (Wildman–Crippen MR) is 98.2 cm³/mol. The van der Waals surface area contributed by atoms with E-state index in [-0.39, 0.29) is 17.9 Å². The first-order valence-corrected chi connectivity index (χ1v) is 9.84. The van der Waals surface area contributed by atoms with Gasteiger partial charge in [-0.1, -0.05) is 18.2 Å². The van der Waals surface area contributed by atoms with Crippen LogP contribution in [0.25, 0.3) is 0 Å². The maximum absolute atomic E-state index is 13.5. The molecule has 1 unspecified atom stereocenters. The number of carbonyl (C=O) groups excluding carboxylic acids is 1. The smallest absolute Gasteiger partial charge is 0.315 e. The monoisotopic (exact) mass is 362 g/mol. The molecule has 3 nitrogen and oxygen atoms in total. The molecule has 0 bridgehead atoms. The molecule has 6 heteroatoms. The largest absolute Gasteiger partial charge is 0.337 e. The van der Waals surface area contributed by atoms with E-state index in [1.165, 1.54) is 17.0 Å². The number of halogens is 1. The van der Waals surface area contributed by atoms with Crippen molar-refractivity contribution in [2.45, 2.75) is 22.3 Å². The SMILES string of the molecule is O=C(NCCSc1ccccc1)NC1CCSc2ccc(F)cc21. The van der Waals surface area contributed by atoms with Gasteiger partial charge in [0.25, 0.3) is 0 Å². The van der Waals surface area contributed by atoms with E-state index in [4.69, 9.17) is 0 Å². The van der Waals surface area contributed by atoms with Gasteiger partial charge in [0.2, 0.25) is 0 Å². The van der Waals surface area contributed by atoms with E-state index in [9.17, 15) is 9.18 Å². The molecule has 0 aromatic heterocycles. The molecule has 0 saturated carbocycles. The van der Waals surface area contributed by atoms with Gasteiger partial charge in [-0.2, -0.15) is 0 Å². The number of nitrogens with one attached hydrogen (secondary N) is 2. The topological polar surface area (TPSA) is 41.1 Å². The third-order valence-electron chi connectivity index (χ3n) is 3.72. The van der Waals surface area contributed by atoms with Crippen LogP contribution in [0.15, 0.2) is 58.3 Å². The van der Waals surface area contributed by atoms with Crippen molar-refractivity contribution >= 4 is 29.6 Å². The zero-order valence-electron chi connectivity index (χ0n) is 13.1. The standard InChI is InChI=1S/C18H19FN2OS2/c19-13-6-7-17-15(12-13)16(8-10-24-17)21-18(22)20-9-11-23-14-4-2-1-3-5-14/h1-7,12,16H,8-11H2,(H2,20,21,22). The minimum Gasteiger partial charge on any atom is -0.337 e. The molecule has 1 aliphatic heterocycles. The maximum Gasteiger partial charge on any atom is 0.315 e. The Morgan fingerprint density at radius 3 is 2.92 bits per heavy atom. The number of thioether (sulfide) groups is 2. The third kappa shape index (κ3) is 4.68. The Kier molecular flexibility index (Phi) is 6.04. The molecule has 2 N–H and O–H groups in total. The van der Waals surface area contributed by atoms with Crippen LogP contribution in [0.4, 0.5) is 9.18 Å². The van der Waals surface area contributed by atoms with Crippen molar-refractivity contribution in [1.29, 1.82) is 0 Å². The van der Waals surface area contributed by atoms with Crippen LogP contribution in [0.2, 0.25) is 0 Å². The lowest BCUT2D eigenvalue weighted by molar-refractivity contribution is 0.237. The van der Waals surface area contributed by atoms with Gasteiger partial charge >= 0.3 is 6.03 Å². The van der Waals surface area contributed by atoms with Crippen molar-refractivity contribution in [3.05, 3.63) is 59.9 Å². The first kappa shape index (κ1) is 17.2. The van der Waals surface area contributed by atoms with Crippen LogP contribution in [0, 0.1) is 5.82 Å². The Balaban J connectivity index is 1.47. The second kappa shape index (κ2) is 8.44. The van der Waals surface area contributed by atoms with Gasteiger partial charge in [-0.15, -0.1) is 23.5 Å². The van der Waals surface area contributed by atoms with Crippen LogP contribution < -0.4 is 10.6 Å². The molecule has 2 amide bonds. The highest BCUT2D eigenvalue weighted by atomic mass is 32.2. The van der Waals surface area contributed by atoms with Crippen molar-refractivity contribution in [3.63, 3.8) is 0 Å². The molecule has 1 atom stereocenters. The van der Waals surface area contributed by atoms with Crippen molar-refractivity contribution in [2.24, 2.45) is 0 Å². The van der Waals surface area contributed by atoms with Gasteiger partial charge < -0.3 is 10.6 Å². The Hall–Kier alpha value is -1.66. The maximum atomic E-state index is 13.5. The molecule has 0 radical (unpaired) electrons. The van der Waals surface area contributed by atoms with Crippen molar-refractivity contribution in [2.75, 3.05) is 18.1 Å². The number of hydrogen-bond donors (Lipinski definition) is 2. The number of hydrogen-bond acceptors (Lipinski definition) is 3. The molecular weight excluding hydrogens is 343 g/mol. The lowest BCUT2D eigenvalue weighted by Gasteiger charge is -2.26. The highest BCUT2D eigenvalue weighted by molar-refractivity contribution is 7.99. The van der Waals surface area contributed by atoms with Gasteiger partial charge in [-0.25, -0.2) is 9.18 Å². The summed E-state index contributed by atoms with van der Waals surface area (Å²) < 4.78 is 13.5. The van der Waals surface area contributed by atoms with Gasteiger partial charge in [-0.05, 0) is 42.3 Å². The number of benzene rings is 2. The van der Waals surface area contributed by atoms with Crippen molar-refractivity contribution in [3.8, 4) is 0 Å². The van der Waals surface area contributed by atoms with Crippen LogP contribution in [0.1, 0.15) is 18.0 Å². The van der Waals surface area contributed by atoms with Gasteiger partial charge in [0.1, 0.15) is 5.82 Å². The molecule has 2 aromatic carbocycles. The van der Waals surface area contributed by atoms with Gasteiger partial charge in [-0.3, -0.25) is 0 Å². The van der Waals surface area contributed by atoms with E-state index in [2.05, 4.69) is 22.8 Å². The molecule has 24 heavy (non-hydrogen) atoms. The fourth-order valence-electron chi connectivity index (χ4n) is 2.57. The number of rotatable bonds is 5. The predicted octanol–water partition coefficient (Wildman–Crippen LogP) is 4.45. The van der Waals surface area contributed by atoms with Crippen LogP contribution >= 0.6 is 23.5 Å². The van der Waals surface area contributed by atoms with Crippen molar-refractivity contribution in [1.82, 2.24) is 10.6 Å². The number of carbonyl (C=O) groups is 1. The Labute approximate surface area is 149 Å².